The summed E-state index contributed by atoms with van der Waals surface area (Å²) in [6.45, 7) is 0. The van der Waals surface area contributed by atoms with E-state index >= 15 is 0 Å². The standard InChI is InChI=1S/C10H13NO6.Na/c1-16-9(14)6-4-3-5(11-6)7(8(12)13)10(15)17-2;/h6H,3-4H2,1-2H3,(H2,11,12,13,15);/q;+1/p-1. The molecule has 8 heteroatoms. The van der Waals surface area contributed by atoms with Gasteiger partial charge in [0, 0.05) is 0 Å². The summed E-state index contributed by atoms with van der Waals surface area (Å²) < 4.78 is 8.84. The number of ether oxygens (including phenoxy) is 2. The Morgan fingerprint density at radius 3 is 2.33 bits per heavy atom. The first-order chi connectivity index (χ1) is 8.01. The molecule has 0 bridgehead atoms. The van der Waals surface area contributed by atoms with Crippen molar-refractivity contribution in [3.63, 3.8) is 0 Å². The van der Waals surface area contributed by atoms with E-state index in [0.29, 0.717) is 6.42 Å². The maximum Gasteiger partial charge on any atom is 1.00 e. The predicted molar refractivity (Wildman–Crippen MR) is 55.1 cm³/mol. The molecule has 1 atom stereocenters. The number of esters is 2. The summed E-state index contributed by atoms with van der Waals surface area (Å²) in [5, 5.41) is 12.8. The van der Waals surface area contributed by atoms with Gasteiger partial charge in [-0.3, -0.25) is 4.79 Å². The van der Waals surface area contributed by atoms with Gasteiger partial charge in [0.15, 0.2) is 0 Å². The smallest absolute Gasteiger partial charge is 0.675 e. The predicted octanol–water partition coefficient (Wildman–Crippen LogP) is -2.79. The van der Waals surface area contributed by atoms with Gasteiger partial charge in [0.05, 0.1) is 14.2 Å². The van der Waals surface area contributed by atoms with Crippen molar-refractivity contribution in [1.82, 2.24) is 0 Å². The molecule has 1 aliphatic rings. The first-order valence-corrected chi connectivity index (χ1v) is 4.84. The van der Waals surface area contributed by atoms with Crippen molar-refractivity contribution >= 4 is 17.9 Å². The SMILES string of the molecule is COC(=O)/C(C(=O)O)=C1/CCC(C(=O)OC)[N-]1.[Na+]. The minimum atomic E-state index is -1.42. The van der Waals surface area contributed by atoms with Crippen LogP contribution in [0.5, 0.6) is 0 Å². The third kappa shape index (κ3) is 3.72. The Morgan fingerprint density at radius 2 is 1.89 bits per heavy atom. The van der Waals surface area contributed by atoms with E-state index in [9.17, 15) is 14.4 Å². The molecule has 0 radical (unpaired) electrons. The second-order valence-electron chi connectivity index (χ2n) is 3.33. The third-order valence-corrected chi connectivity index (χ3v) is 2.33. The van der Waals surface area contributed by atoms with Gasteiger partial charge in [-0.25, -0.2) is 9.59 Å². The second kappa shape index (κ2) is 7.40. The van der Waals surface area contributed by atoms with Crippen molar-refractivity contribution in [2.45, 2.75) is 18.9 Å². The van der Waals surface area contributed by atoms with Gasteiger partial charge >= 0.3 is 41.5 Å². The topological polar surface area (TPSA) is 104 Å². The Morgan fingerprint density at radius 1 is 1.28 bits per heavy atom. The molecule has 18 heavy (non-hydrogen) atoms. The molecule has 94 valence electrons. The van der Waals surface area contributed by atoms with Crippen LogP contribution in [0, 0.1) is 0 Å². The maximum atomic E-state index is 11.2. The average molecular weight is 265 g/mol. The Hall–Kier alpha value is -1.05. The summed E-state index contributed by atoms with van der Waals surface area (Å²) >= 11 is 0. The van der Waals surface area contributed by atoms with E-state index in [4.69, 9.17) is 5.11 Å². The van der Waals surface area contributed by atoms with Crippen molar-refractivity contribution in [3.05, 3.63) is 16.6 Å². The molecule has 1 fully saturated rings. The van der Waals surface area contributed by atoms with Crippen LogP contribution in [-0.2, 0) is 23.9 Å². The van der Waals surface area contributed by atoms with E-state index < -0.39 is 29.5 Å². The fourth-order valence-corrected chi connectivity index (χ4v) is 1.52. The van der Waals surface area contributed by atoms with E-state index in [-0.39, 0.29) is 41.7 Å². The van der Waals surface area contributed by atoms with Crippen LogP contribution < -0.4 is 29.6 Å². The zero-order chi connectivity index (χ0) is 13.0. The Kier molecular flexibility index (Phi) is 6.97. The van der Waals surface area contributed by atoms with Gasteiger partial charge in [-0.1, -0.05) is 6.42 Å². The van der Waals surface area contributed by atoms with Gasteiger partial charge in [0.25, 0.3) is 5.97 Å². The molecule has 0 spiro atoms. The number of aliphatic carboxylic acids is 1. The van der Waals surface area contributed by atoms with E-state index in [1.165, 1.54) is 7.11 Å². The van der Waals surface area contributed by atoms with Crippen LogP contribution in [0.3, 0.4) is 0 Å². The molecule has 1 heterocycles. The third-order valence-electron chi connectivity index (χ3n) is 2.33. The van der Waals surface area contributed by atoms with Crippen molar-refractivity contribution in [1.29, 1.82) is 0 Å². The van der Waals surface area contributed by atoms with Gasteiger partial charge in [-0.05, 0) is 12.5 Å². The Balaban J connectivity index is 0.00000289. The van der Waals surface area contributed by atoms with Crippen LogP contribution in [0.4, 0.5) is 0 Å². The Bertz CT molecular complexity index is 392. The fraction of sp³-hybridized carbons (Fsp3) is 0.500. The molecule has 1 saturated heterocycles. The summed E-state index contributed by atoms with van der Waals surface area (Å²) in [6.07, 6.45) is 0.562. The van der Waals surface area contributed by atoms with E-state index in [0.717, 1.165) is 7.11 Å². The van der Waals surface area contributed by atoms with Crippen LogP contribution in [0.1, 0.15) is 12.8 Å². The second-order valence-corrected chi connectivity index (χ2v) is 3.33. The van der Waals surface area contributed by atoms with E-state index in [1.807, 2.05) is 0 Å². The van der Waals surface area contributed by atoms with E-state index in [1.54, 1.807) is 0 Å². The van der Waals surface area contributed by atoms with Gasteiger partial charge in [-0.15, -0.1) is 5.70 Å². The molecule has 0 aromatic carbocycles. The van der Waals surface area contributed by atoms with Crippen molar-refractivity contribution < 1.29 is 58.5 Å². The van der Waals surface area contributed by atoms with Crippen LogP contribution in [-0.4, -0.2) is 43.3 Å². The molecule has 0 amide bonds. The summed E-state index contributed by atoms with van der Waals surface area (Å²) in [5.74, 6) is -2.93. The largest absolute Gasteiger partial charge is 1.00 e. The minimum absolute atomic E-state index is 0. The molecule has 0 aliphatic carbocycles. The molecule has 1 aliphatic heterocycles. The first kappa shape index (κ1) is 16.9. The monoisotopic (exact) mass is 265 g/mol. The van der Waals surface area contributed by atoms with Gasteiger partial charge < -0.3 is 19.9 Å². The molecule has 1 rings (SSSR count). The maximum absolute atomic E-state index is 11.2. The summed E-state index contributed by atoms with van der Waals surface area (Å²) in [4.78, 5) is 33.3. The molecule has 0 saturated carbocycles. The molecule has 1 N–H and O–H groups in total. The Labute approximate surface area is 126 Å². The number of hydrogen-bond donors (Lipinski definition) is 1. The van der Waals surface area contributed by atoms with Crippen LogP contribution >= 0.6 is 0 Å². The molecule has 7 nitrogen and oxygen atoms in total. The average Bonchev–Trinajstić information content (AvgIpc) is 2.76. The molecule has 0 aromatic rings. The van der Waals surface area contributed by atoms with Crippen LogP contribution in [0.15, 0.2) is 11.3 Å². The zero-order valence-electron chi connectivity index (χ0n) is 10.4. The van der Waals surface area contributed by atoms with Crippen LogP contribution in [0.25, 0.3) is 5.32 Å². The van der Waals surface area contributed by atoms with Crippen molar-refractivity contribution in [2.24, 2.45) is 0 Å². The van der Waals surface area contributed by atoms with Gasteiger partial charge in [0.1, 0.15) is 5.57 Å². The number of methoxy groups -OCH3 is 2. The van der Waals surface area contributed by atoms with Crippen molar-refractivity contribution in [3.8, 4) is 0 Å². The zero-order valence-corrected chi connectivity index (χ0v) is 12.4. The number of rotatable bonds is 3. The number of carbonyl (C=O) groups excluding carboxylic acids is 2. The number of carbonyl (C=O) groups is 3. The fourth-order valence-electron chi connectivity index (χ4n) is 1.52. The van der Waals surface area contributed by atoms with Gasteiger partial charge in [-0.2, -0.15) is 0 Å². The number of hydrogen-bond acceptors (Lipinski definition) is 5. The first-order valence-electron chi connectivity index (χ1n) is 4.84. The number of carboxylic acid groups (broad SMARTS) is 1. The summed E-state index contributed by atoms with van der Waals surface area (Å²) in [7, 11) is 2.30. The normalized spacial score (nSPS) is 20.2. The number of nitrogens with zero attached hydrogens (tertiary/aromatic N) is 1. The van der Waals surface area contributed by atoms with Gasteiger partial charge in [0.2, 0.25) is 0 Å². The molecular weight excluding hydrogens is 253 g/mol. The number of allylic oxidation sites excluding steroid dienone is 1. The molecule has 0 aromatic heterocycles. The number of carboxylic acids is 1. The molecule has 1 unspecified atom stereocenters. The quantitative estimate of drug-likeness (QED) is 0.194. The van der Waals surface area contributed by atoms with Crippen molar-refractivity contribution in [2.75, 3.05) is 14.2 Å². The van der Waals surface area contributed by atoms with E-state index in [2.05, 4.69) is 14.8 Å². The summed E-state index contributed by atoms with van der Waals surface area (Å²) in [6, 6.07) is -0.742. The minimum Gasteiger partial charge on any atom is -0.675 e. The van der Waals surface area contributed by atoms with Crippen LogP contribution in [0.2, 0.25) is 0 Å². The summed E-state index contributed by atoms with van der Waals surface area (Å²) in [5.41, 5.74) is -0.460. The molecular formula is C10H12NNaO6.